The number of nitrogens with two attached hydrogens (primary N) is 1. The summed E-state index contributed by atoms with van der Waals surface area (Å²) in [4.78, 5) is 21.2. The van der Waals surface area contributed by atoms with Crippen molar-refractivity contribution >= 4 is 22.5 Å². The zero-order valence-electron chi connectivity index (χ0n) is 19.0. The van der Waals surface area contributed by atoms with Crippen LogP contribution in [-0.4, -0.2) is 39.9 Å². The van der Waals surface area contributed by atoms with Crippen LogP contribution < -0.4 is 15.8 Å². The molecule has 1 amide bonds. The number of hydrogen-bond donors (Lipinski definition) is 3. The minimum Gasteiger partial charge on any atom is -0.494 e. The molecule has 35 heavy (non-hydrogen) atoms. The van der Waals surface area contributed by atoms with E-state index in [1.54, 1.807) is 13.0 Å². The van der Waals surface area contributed by atoms with Gasteiger partial charge < -0.3 is 25.4 Å². The number of carbonyl (C=O) groups is 1. The van der Waals surface area contributed by atoms with Gasteiger partial charge in [0.25, 0.3) is 5.91 Å². The van der Waals surface area contributed by atoms with Crippen LogP contribution in [0.25, 0.3) is 22.4 Å². The number of methoxy groups -OCH3 is 1. The topological polar surface area (TPSA) is 136 Å². The number of oxazole rings is 1. The van der Waals surface area contributed by atoms with Gasteiger partial charge in [0.15, 0.2) is 11.5 Å². The summed E-state index contributed by atoms with van der Waals surface area (Å²) in [6.07, 6.45) is -1.74. The third kappa shape index (κ3) is 4.78. The third-order valence-corrected chi connectivity index (χ3v) is 5.85. The van der Waals surface area contributed by atoms with Crippen LogP contribution in [0.2, 0.25) is 0 Å². The first-order valence-electron chi connectivity index (χ1n) is 11.0. The van der Waals surface area contributed by atoms with Gasteiger partial charge >= 0.3 is 6.18 Å². The second-order valence-electron chi connectivity index (χ2n) is 8.29. The summed E-state index contributed by atoms with van der Waals surface area (Å²) in [6, 6.07) is 3.97. The Bertz CT molecular complexity index is 1290. The minimum absolute atomic E-state index is 0.00338. The Labute approximate surface area is 198 Å². The van der Waals surface area contributed by atoms with E-state index in [9.17, 15) is 23.2 Å². The van der Waals surface area contributed by atoms with Crippen molar-refractivity contribution < 1.29 is 32.3 Å². The molecule has 1 aliphatic carbocycles. The number of ether oxygens (including phenoxy) is 1. The highest BCUT2D eigenvalue weighted by molar-refractivity contribution is 6.00. The van der Waals surface area contributed by atoms with Crippen molar-refractivity contribution in [3.8, 4) is 17.2 Å². The van der Waals surface area contributed by atoms with Crippen LogP contribution in [0.15, 0.2) is 33.8 Å². The van der Waals surface area contributed by atoms with Crippen molar-refractivity contribution in [3.63, 3.8) is 0 Å². The largest absolute Gasteiger partial charge is 0.494 e. The molecule has 4 N–H and O–H groups in total. The van der Waals surface area contributed by atoms with Gasteiger partial charge in [0.05, 0.1) is 24.9 Å². The second-order valence-corrected chi connectivity index (χ2v) is 8.29. The number of rotatable bonds is 5. The Balaban J connectivity index is 1.77. The van der Waals surface area contributed by atoms with E-state index in [0.717, 1.165) is 18.9 Å². The maximum Gasteiger partial charge on any atom is 0.433 e. The number of benzene rings is 1. The fourth-order valence-electron chi connectivity index (χ4n) is 4.12. The Morgan fingerprint density at radius 2 is 2.06 bits per heavy atom. The average Bonchev–Trinajstić information content (AvgIpc) is 3.28. The maximum atomic E-state index is 13.2. The monoisotopic (exact) mass is 491 g/mol. The first kappa shape index (κ1) is 24.5. The molecule has 1 saturated carbocycles. The van der Waals surface area contributed by atoms with Crippen LogP contribution in [0, 0.1) is 0 Å². The lowest BCUT2D eigenvalue weighted by Gasteiger charge is -2.23. The molecule has 0 bridgehead atoms. The quantitative estimate of drug-likeness (QED) is 0.355. The van der Waals surface area contributed by atoms with E-state index in [2.05, 4.69) is 20.4 Å². The van der Waals surface area contributed by atoms with Gasteiger partial charge in [-0.1, -0.05) is 11.6 Å². The molecule has 1 fully saturated rings. The summed E-state index contributed by atoms with van der Waals surface area (Å²) < 4.78 is 50.8. The van der Waals surface area contributed by atoms with Crippen LogP contribution in [-0.2, 0) is 6.18 Å². The number of amides is 1. The summed E-state index contributed by atoms with van der Waals surface area (Å²) >= 11 is 0. The van der Waals surface area contributed by atoms with Gasteiger partial charge in [0.1, 0.15) is 17.0 Å². The summed E-state index contributed by atoms with van der Waals surface area (Å²) in [7, 11) is 1.33. The lowest BCUT2D eigenvalue weighted by Crippen LogP contribution is -2.43. The zero-order chi connectivity index (χ0) is 25.3. The van der Waals surface area contributed by atoms with E-state index < -0.39 is 29.9 Å². The SMILES string of the molecule is COc1ccc(-c2nc(C(=O)NC3CCCCC3=NO)c([C@H](C)N)o2)c2ccc(C(F)(F)F)nc12. The predicted octanol–water partition coefficient (Wildman–Crippen LogP) is 4.44. The molecule has 2 heterocycles. The number of pyridine rings is 1. The van der Waals surface area contributed by atoms with Crippen molar-refractivity contribution in [1.29, 1.82) is 0 Å². The molecule has 0 radical (unpaired) electrons. The molecule has 3 aromatic rings. The van der Waals surface area contributed by atoms with Gasteiger partial charge in [0.2, 0.25) is 5.89 Å². The van der Waals surface area contributed by atoms with E-state index in [1.165, 1.54) is 19.2 Å². The van der Waals surface area contributed by atoms with E-state index in [-0.39, 0.29) is 28.6 Å². The minimum atomic E-state index is -4.64. The average molecular weight is 491 g/mol. The van der Waals surface area contributed by atoms with Crippen molar-refractivity contribution in [2.45, 2.75) is 50.9 Å². The number of fused-ring (bicyclic) bond motifs is 1. The molecule has 9 nitrogen and oxygen atoms in total. The lowest BCUT2D eigenvalue weighted by atomic mass is 9.93. The van der Waals surface area contributed by atoms with Gasteiger partial charge in [0, 0.05) is 10.9 Å². The smallest absolute Gasteiger partial charge is 0.433 e. The zero-order valence-corrected chi connectivity index (χ0v) is 19.0. The second kappa shape index (κ2) is 9.53. The molecular formula is C23H24F3N5O4. The predicted molar refractivity (Wildman–Crippen MR) is 120 cm³/mol. The van der Waals surface area contributed by atoms with Gasteiger partial charge in [-0.15, -0.1) is 0 Å². The number of nitrogens with zero attached hydrogens (tertiary/aromatic N) is 3. The molecule has 4 rings (SSSR count). The summed E-state index contributed by atoms with van der Waals surface area (Å²) in [5, 5.41) is 15.7. The van der Waals surface area contributed by atoms with Crippen molar-refractivity contribution in [2.24, 2.45) is 10.9 Å². The number of oxime groups is 1. The Morgan fingerprint density at radius 1 is 1.29 bits per heavy atom. The Morgan fingerprint density at radius 3 is 2.71 bits per heavy atom. The molecule has 0 saturated heterocycles. The molecule has 2 aromatic heterocycles. The van der Waals surface area contributed by atoms with E-state index in [1.807, 2.05) is 0 Å². The van der Waals surface area contributed by atoms with Gasteiger partial charge in [-0.05, 0) is 50.5 Å². The van der Waals surface area contributed by atoms with E-state index >= 15 is 0 Å². The van der Waals surface area contributed by atoms with Crippen molar-refractivity contribution in [1.82, 2.24) is 15.3 Å². The first-order chi connectivity index (χ1) is 16.6. The lowest BCUT2D eigenvalue weighted by molar-refractivity contribution is -0.140. The number of carbonyl (C=O) groups excluding carboxylic acids is 1. The number of alkyl halides is 3. The highest BCUT2D eigenvalue weighted by Crippen LogP contribution is 2.37. The molecule has 186 valence electrons. The van der Waals surface area contributed by atoms with Crippen molar-refractivity contribution in [3.05, 3.63) is 41.4 Å². The fourth-order valence-corrected chi connectivity index (χ4v) is 4.12. The summed E-state index contributed by atoms with van der Waals surface area (Å²) in [5.41, 5.74) is 5.66. The Kier molecular flexibility index (Phi) is 6.66. The Hall–Kier alpha value is -3.67. The number of halogens is 3. The molecule has 0 aliphatic heterocycles. The van der Waals surface area contributed by atoms with Crippen LogP contribution >= 0.6 is 0 Å². The number of nitrogens with one attached hydrogen (secondary N) is 1. The normalized spacial score (nSPS) is 18.6. The highest BCUT2D eigenvalue weighted by Gasteiger charge is 2.33. The number of hydrogen-bond acceptors (Lipinski definition) is 8. The summed E-state index contributed by atoms with van der Waals surface area (Å²) in [6.45, 7) is 1.62. The molecule has 12 heteroatoms. The molecule has 0 spiro atoms. The van der Waals surface area contributed by atoms with Gasteiger partial charge in [-0.2, -0.15) is 13.2 Å². The van der Waals surface area contributed by atoms with Gasteiger partial charge in [-0.3, -0.25) is 4.79 Å². The molecule has 1 unspecified atom stereocenters. The molecule has 2 atom stereocenters. The molecular weight excluding hydrogens is 467 g/mol. The van der Waals surface area contributed by atoms with Crippen LogP contribution in [0.1, 0.15) is 60.6 Å². The highest BCUT2D eigenvalue weighted by atomic mass is 19.4. The van der Waals surface area contributed by atoms with Gasteiger partial charge in [-0.25, -0.2) is 9.97 Å². The molecule has 1 aliphatic rings. The molecule has 1 aromatic carbocycles. The summed E-state index contributed by atoms with van der Waals surface area (Å²) in [5.74, 6) is -0.313. The van der Waals surface area contributed by atoms with E-state index in [4.69, 9.17) is 14.9 Å². The third-order valence-electron chi connectivity index (χ3n) is 5.85. The van der Waals surface area contributed by atoms with Crippen LogP contribution in [0.5, 0.6) is 5.75 Å². The first-order valence-corrected chi connectivity index (χ1v) is 11.0. The maximum absolute atomic E-state index is 13.2. The van der Waals surface area contributed by atoms with E-state index in [0.29, 0.717) is 29.5 Å². The standard InChI is InChI=1S/C23H24F3N5O4/c1-11(27)20-19(21(32)28-14-5-3-4-6-15(14)31-33)30-22(35-20)13-7-9-16(34-2)18-12(13)8-10-17(29-18)23(24,25)26/h7-11,14,33H,3-6,27H2,1-2H3,(H,28,32)/t11-,14?/m0/s1. The van der Waals surface area contributed by atoms with Crippen molar-refractivity contribution in [2.75, 3.05) is 7.11 Å². The van der Waals surface area contributed by atoms with Crippen LogP contribution in [0.3, 0.4) is 0 Å². The number of aromatic nitrogens is 2. The fraction of sp³-hybridized carbons (Fsp3) is 0.391. The van der Waals surface area contributed by atoms with Crippen LogP contribution in [0.4, 0.5) is 13.2 Å².